The van der Waals surface area contributed by atoms with Crippen LogP contribution in [0.25, 0.3) is 0 Å². The molecule has 0 aliphatic rings. The minimum Gasteiger partial charge on any atom is -0.308 e. The lowest BCUT2D eigenvalue weighted by Crippen LogP contribution is -2.31. The molecule has 104 valence electrons. The van der Waals surface area contributed by atoms with Crippen molar-refractivity contribution in [3.8, 4) is 0 Å². The van der Waals surface area contributed by atoms with Crippen LogP contribution in [0.3, 0.4) is 0 Å². The number of hydrogen-bond acceptors (Lipinski definition) is 2. The van der Waals surface area contributed by atoms with Crippen LogP contribution in [0, 0.1) is 11.6 Å². The van der Waals surface area contributed by atoms with Gasteiger partial charge in [-0.25, -0.2) is 13.8 Å². The maximum Gasteiger partial charge on any atom is 0.261 e. The van der Waals surface area contributed by atoms with Crippen LogP contribution < -0.4 is 4.90 Å². The van der Waals surface area contributed by atoms with E-state index in [-0.39, 0.29) is 17.3 Å². The number of amides is 1. The summed E-state index contributed by atoms with van der Waals surface area (Å²) >= 11 is 5.81. The first-order valence-electron chi connectivity index (χ1n) is 5.91. The molecule has 0 aliphatic heterocycles. The average Bonchev–Trinajstić information content (AvgIpc) is 2.42. The third kappa shape index (κ3) is 2.93. The zero-order valence-electron chi connectivity index (χ0n) is 10.6. The highest BCUT2D eigenvalue weighted by atomic mass is 35.5. The van der Waals surface area contributed by atoms with Gasteiger partial charge < -0.3 is 4.90 Å². The maximum atomic E-state index is 13.2. The predicted octanol–water partition coefficient (Wildman–Crippen LogP) is 3.68. The van der Waals surface area contributed by atoms with Crippen LogP contribution in [0.2, 0.25) is 5.15 Å². The molecule has 3 nitrogen and oxygen atoms in total. The predicted molar refractivity (Wildman–Crippen MR) is 73.0 cm³/mol. The van der Waals surface area contributed by atoms with Gasteiger partial charge in [-0.3, -0.25) is 4.79 Å². The topological polar surface area (TPSA) is 33.2 Å². The van der Waals surface area contributed by atoms with Crippen molar-refractivity contribution in [2.24, 2.45) is 0 Å². The Hall–Kier alpha value is -2.01. The fourth-order valence-electron chi connectivity index (χ4n) is 1.81. The fourth-order valence-corrected chi connectivity index (χ4v) is 1.99. The molecule has 0 aliphatic carbocycles. The van der Waals surface area contributed by atoms with Crippen molar-refractivity contribution in [3.63, 3.8) is 0 Å². The molecule has 2 aromatic rings. The second-order valence-electron chi connectivity index (χ2n) is 4.02. The highest BCUT2D eigenvalue weighted by molar-refractivity contribution is 6.33. The number of aromatic nitrogens is 1. The van der Waals surface area contributed by atoms with E-state index in [2.05, 4.69) is 4.98 Å². The number of anilines is 1. The van der Waals surface area contributed by atoms with Crippen LogP contribution in [0.15, 0.2) is 36.5 Å². The first-order valence-corrected chi connectivity index (χ1v) is 6.29. The summed E-state index contributed by atoms with van der Waals surface area (Å²) in [6.07, 6.45) is 0.928. The summed E-state index contributed by atoms with van der Waals surface area (Å²) < 4.78 is 26.4. The number of benzene rings is 1. The van der Waals surface area contributed by atoms with Crippen molar-refractivity contribution in [2.75, 3.05) is 11.4 Å². The van der Waals surface area contributed by atoms with Crippen molar-refractivity contribution < 1.29 is 13.6 Å². The number of nitrogens with zero attached hydrogens (tertiary/aromatic N) is 2. The number of halogens is 3. The Bertz CT molecular complexity index is 649. The Morgan fingerprint density at radius 1 is 1.30 bits per heavy atom. The molecule has 1 heterocycles. The highest BCUT2D eigenvalue weighted by Crippen LogP contribution is 2.21. The molecular weight excluding hydrogens is 286 g/mol. The molecule has 0 N–H and O–H groups in total. The van der Waals surface area contributed by atoms with Crippen molar-refractivity contribution in [1.82, 2.24) is 4.98 Å². The molecule has 0 bridgehead atoms. The fraction of sp³-hybridized carbons (Fsp3) is 0.143. The zero-order valence-corrected chi connectivity index (χ0v) is 11.4. The van der Waals surface area contributed by atoms with E-state index < -0.39 is 17.5 Å². The number of pyridine rings is 1. The van der Waals surface area contributed by atoms with Gasteiger partial charge in [0.25, 0.3) is 5.91 Å². The maximum absolute atomic E-state index is 13.2. The highest BCUT2D eigenvalue weighted by Gasteiger charge is 2.20. The van der Waals surface area contributed by atoms with Gasteiger partial charge in [0.15, 0.2) is 0 Å². The smallest absolute Gasteiger partial charge is 0.261 e. The summed E-state index contributed by atoms with van der Waals surface area (Å²) in [4.78, 5) is 17.3. The summed E-state index contributed by atoms with van der Waals surface area (Å²) in [6.45, 7) is 2.01. The Morgan fingerprint density at radius 2 is 2.05 bits per heavy atom. The summed E-state index contributed by atoms with van der Waals surface area (Å²) in [7, 11) is 0. The first kappa shape index (κ1) is 14.4. The van der Waals surface area contributed by atoms with E-state index in [0.29, 0.717) is 5.69 Å². The van der Waals surface area contributed by atoms with Gasteiger partial charge in [0.2, 0.25) is 0 Å². The first-order chi connectivity index (χ1) is 9.52. The van der Waals surface area contributed by atoms with Crippen LogP contribution in [0.4, 0.5) is 14.5 Å². The molecule has 1 amide bonds. The Labute approximate surface area is 119 Å². The van der Waals surface area contributed by atoms with Gasteiger partial charge in [-0.2, -0.15) is 0 Å². The number of carbonyl (C=O) groups is 1. The van der Waals surface area contributed by atoms with Crippen LogP contribution in [-0.2, 0) is 0 Å². The Kier molecular flexibility index (Phi) is 4.29. The summed E-state index contributed by atoms with van der Waals surface area (Å²) in [5.41, 5.74) is 0.315. The standard InChI is InChI=1S/C14H11ClF2N2O/c1-2-19(11-5-3-4-9(16)6-11)14(20)12-7-10(17)8-18-13(12)15/h3-8H,2H2,1H3. The molecule has 0 saturated carbocycles. The molecule has 20 heavy (non-hydrogen) atoms. The molecule has 6 heteroatoms. The SMILES string of the molecule is CCN(C(=O)c1cc(F)cnc1Cl)c1cccc(F)c1. The molecule has 1 aromatic heterocycles. The van der Waals surface area contributed by atoms with Gasteiger partial charge in [0.05, 0.1) is 11.8 Å². The van der Waals surface area contributed by atoms with Gasteiger partial charge in [-0.05, 0) is 31.2 Å². The van der Waals surface area contributed by atoms with E-state index in [0.717, 1.165) is 12.3 Å². The lowest BCUT2D eigenvalue weighted by molar-refractivity contribution is 0.0987. The van der Waals surface area contributed by atoms with Crippen LogP contribution in [0.5, 0.6) is 0 Å². The minimum atomic E-state index is -0.659. The largest absolute Gasteiger partial charge is 0.308 e. The molecule has 0 spiro atoms. The molecule has 1 aromatic carbocycles. The monoisotopic (exact) mass is 296 g/mol. The van der Waals surface area contributed by atoms with Crippen molar-refractivity contribution >= 4 is 23.2 Å². The van der Waals surface area contributed by atoms with Gasteiger partial charge in [0.1, 0.15) is 16.8 Å². The molecule has 0 fully saturated rings. The summed E-state index contributed by atoms with van der Waals surface area (Å²) in [5.74, 6) is -1.65. The van der Waals surface area contributed by atoms with Crippen molar-refractivity contribution in [2.45, 2.75) is 6.92 Å². The quantitative estimate of drug-likeness (QED) is 0.810. The Balaban J connectivity index is 2.41. The van der Waals surface area contributed by atoms with Gasteiger partial charge in [0, 0.05) is 12.2 Å². The van der Waals surface area contributed by atoms with Crippen molar-refractivity contribution in [1.29, 1.82) is 0 Å². The van der Waals surface area contributed by atoms with Crippen LogP contribution >= 0.6 is 11.6 Å². The van der Waals surface area contributed by atoms with Crippen LogP contribution in [-0.4, -0.2) is 17.4 Å². The second kappa shape index (κ2) is 5.96. The van der Waals surface area contributed by atoms with Gasteiger partial charge in [-0.1, -0.05) is 17.7 Å². The van der Waals surface area contributed by atoms with Crippen LogP contribution in [0.1, 0.15) is 17.3 Å². The molecule has 2 rings (SSSR count). The number of rotatable bonds is 3. The second-order valence-corrected chi connectivity index (χ2v) is 4.38. The normalized spacial score (nSPS) is 10.4. The molecule has 0 atom stereocenters. The lowest BCUT2D eigenvalue weighted by atomic mass is 10.2. The Morgan fingerprint density at radius 3 is 2.70 bits per heavy atom. The van der Waals surface area contributed by atoms with Gasteiger partial charge in [-0.15, -0.1) is 0 Å². The molecule has 0 unspecified atom stereocenters. The van der Waals surface area contributed by atoms with Crippen molar-refractivity contribution in [3.05, 3.63) is 58.9 Å². The average molecular weight is 297 g/mol. The minimum absolute atomic E-state index is 0.0576. The third-order valence-electron chi connectivity index (χ3n) is 2.72. The number of hydrogen-bond donors (Lipinski definition) is 0. The van der Waals surface area contributed by atoms with E-state index in [4.69, 9.17) is 11.6 Å². The number of carbonyl (C=O) groups excluding carboxylic acids is 1. The zero-order chi connectivity index (χ0) is 14.7. The molecular formula is C14H11ClF2N2O. The van der Waals surface area contributed by atoms with E-state index in [1.54, 1.807) is 13.0 Å². The third-order valence-corrected chi connectivity index (χ3v) is 3.02. The summed E-state index contributed by atoms with van der Waals surface area (Å²) in [6, 6.07) is 6.59. The molecule has 0 radical (unpaired) electrons. The molecule has 0 saturated heterocycles. The lowest BCUT2D eigenvalue weighted by Gasteiger charge is -2.21. The van der Waals surface area contributed by atoms with E-state index in [1.807, 2.05) is 0 Å². The van der Waals surface area contributed by atoms with E-state index >= 15 is 0 Å². The summed E-state index contributed by atoms with van der Waals surface area (Å²) in [5, 5.41) is -0.0914. The van der Waals surface area contributed by atoms with E-state index in [9.17, 15) is 13.6 Å². The van der Waals surface area contributed by atoms with Gasteiger partial charge >= 0.3 is 0 Å². The van der Waals surface area contributed by atoms with E-state index in [1.165, 1.54) is 23.1 Å².